The summed E-state index contributed by atoms with van der Waals surface area (Å²) in [6, 6.07) is 7.04. The number of aromatic amines is 1. The van der Waals surface area contributed by atoms with Gasteiger partial charge in [0.15, 0.2) is 5.01 Å². The molecule has 0 bridgehead atoms. The van der Waals surface area contributed by atoms with Crippen molar-refractivity contribution >= 4 is 45.7 Å². The lowest BCUT2D eigenvalue weighted by molar-refractivity contribution is 0.0860. The van der Waals surface area contributed by atoms with Crippen LogP contribution in [0.1, 0.15) is 63.5 Å². The molecule has 4 rings (SSSR count). The maximum Gasteiger partial charge on any atom is 0.280 e. The fourth-order valence-electron chi connectivity index (χ4n) is 4.35. The number of thiazole rings is 1. The van der Waals surface area contributed by atoms with E-state index in [1.165, 1.54) is 11.3 Å². The lowest BCUT2D eigenvalue weighted by atomic mass is 9.90. The molecule has 0 aliphatic heterocycles. The summed E-state index contributed by atoms with van der Waals surface area (Å²) in [5.41, 5.74) is 2.33. The van der Waals surface area contributed by atoms with Crippen molar-refractivity contribution in [1.82, 2.24) is 25.5 Å². The van der Waals surface area contributed by atoms with Crippen LogP contribution in [0.25, 0.3) is 10.9 Å². The number of carbonyl (C=O) groups excluding carboxylic acids is 2. The van der Waals surface area contributed by atoms with Crippen molar-refractivity contribution in [3.05, 3.63) is 50.6 Å². The van der Waals surface area contributed by atoms with Crippen molar-refractivity contribution < 1.29 is 9.59 Å². The van der Waals surface area contributed by atoms with E-state index in [2.05, 4.69) is 32.4 Å². The van der Waals surface area contributed by atoms with E-state index < -0.39 is 0 Å². The number of nitrogens with one attached hydrogen (secondary N) is 3. The average molecular weight is 488 g/mol. The van der Waals surface area contributed by atoms with E-state index in [1.54, 1.807) is 12.1 Å². The second-order valence-corrected chi connectivity index (χ2v) is 10.4. The van der Waals surface area contributed by atoms with E-state index in [-0.39, 0.29) is 23.9 Å². The van der Waals surface area contributed by atoms with Crippen LogP contribution < -0.4 is 10.6 Å². The van der Waals surface area contributed by atoms with Crippen LogP contribution in [-0.2, 0) is 13.0 Å². The Hall–Kier alpha value is -2.42. The Morgan fingerprint density at radius 3 is 2.52 bits per heavy atom. The summed E-state index contributed by atoms with van der Waals surface area (Å²) >= 11 is 7.52. The molecule has 0 radical (unpaired) electrons. The zero-order valence-electron chi connectivity index (χ0n) is 19.2. The van der Waals surface area contributed by atoms with Crippen molar-refractivity contribution in [2.24, 2.45) is 0 Å². The molecule has 3 N–H and O–H groups in total. The number of fused-ring (bicyclic) bond motifs is 1. The van der Waals surface area contributed by atoms with Crippen LogP contribution in [0, 0.1) is 0 Å². The van der Waals surface area contributed by atoms with Crippen LogP contribution in [0.3, 0.4) is 0 Å². The minimum Gasteiger partial charge on any atom is -0.351 e. The number of H-pyrrole nitrogens is 1. The number of aromatic nitrogens is 2. The molecule has 2 heterocycles. The van der Waals surface area contributed by atoms with E-state index in [4.69, 9.17) is 11.6 Å². The highest BCUT2D eigenvalue weighted by molar-refractivity contribution is 7.13. The van der Waals surface area contributed by atoms with Gasteiger partial charge in [-0.25, -0.2) is 4.98 Å². The molecule has 3 aromatic rings. The van der Waals surface area contributed by atoms with Crippen LogP contribution in [0.2, 0.25) is 5.02 Å². The van der Waals surface area contributed by atoms with Crippen molar-refractivity contribution in [3.8, 4) is 0 Å². The second-order valence-electron chi connectivity index (χ2n) is 8.84. The van der Waals surface area contributed by atoms with Gasteiger partial charge in [0.05, 0.1) is 5.69 Å². The van der Waals surface area contributed by atoms with E-state index in [1.807, 2.05) is 26.2 Å². The first kappa shape index (κ1) is 23.7. The summed E-state index contributed by atoms with van der Waals surface area (Å²) < 4.78 is 0. The van der Waals surface area contributed by atoms with Gasteiger partial charge in [-0.15, -0.1) is 11.3 Å². The quantitative estimate of drug-likeness (QED) is 0.461. The Morgan fingerprint density at radius 2 is 1.85 bits per heavy atom. The number of hydrogen-bond donors (Lipinski definition) is 3. The zero-order valence-corrected chi connectivity index (χ0v) is 20.8. The summed E-state index contributed by atoms with van der Waals surface area (Å²) in [5.74, 6) is -0.338. The van der Waals surface area contributed by atoms with Crippen LogP contribution >= 0.6 is 22.9 Å². The highest BCUT2D eigenvalue weighted by Gasteiger charge is 2.30. The van der Waals surface area contributed by atoms with Gasteiger partial charge in [0, 0.05) is 39.4 Å². The fourth-order valence-corrected chi connectivity index (χ4v) is 5.70. The molecule has 9 heteroatoms. The predicted molar refractivity (Wildman–Crippen MR) is 133 cm³/mol. The topological polar surface area (TPSA) is 90.1 Å². The number of benzene rings is 1. The first-order valence-electron chi connectivity index (χ1n) is 11.4. The third-order valence-electron chi connectivity index (χ3n) is 5.99. The number of rotatable bonds is 7. The maximum absolute atomic E-state index is 13.0. The zero-order chi connectivity index (χ0) is 23.5. The fraction of sp³-hybridized carbons (Fsp3) is 0.458. The molecule has 1 saturated carbocycles. The molecule has 1 fully saturated rings. The number of nitrogens with zero attached hydrogens (tertiary/aromatic N) is 2. The lowest BCUT2D eigenvalue weighted by Crippen LogP contribution is -2.53. The Kier molecular flexibility index (Phi) is 7.36. The summed E-state index contributed by atoms with van der Waals surface area (Å²) in [4.78, 5) is 36.9. The molecule has 1 aliphatic rings. The third kappa shape index (κ3) is 5.57. The van der Waals surface area contributed by atoms with Crippen LogP contribution in [-0.4, -0.2) is 52.9 Å². The van der Waals surface area contributed by atoms with E-state index in [9.17, 15) is 9.59 Å². The molecule has 7 nitrogen and oxygen atoms in total. The summed E-state index contributed by atoms with van der Waals surface area (Å²) in [5, 5.41) is 8.29. The van der Waals surface area contributed by atoms with Gasteiger partial charge in [0.25, 0.3) is 11.8 Å². The maximum atomic E-state index is 13.0. The molecule has 1 aliphatic carbocycles. The Morgan fingerprint density at radius 1 is 1.15 bits per heavy atom. The molecule has 2 atom stereocenters. The first-order valence-corrected chi connectivity index (χ1v) is 12.6. The van der Waals surface area contributed by atoms with Crippen LogP contribution in [0.5, 0.6) is 0 Å². The minimum atomic E-state index is -0.177. The van der Waals surface area contributed by atoms with Gasteiger partial charge >= 0.3 is 0 Å². The third-order valence-corrected chi connectivity index (χ3v) is 7.31. The number of halogens is 1. The monoisotopic (exact) mass is 487 g/mol. The van der Waals surface area contributed by atoms with E-state index >= 15 is 0 Å². The Labute approximate surface area is 202 Å². The van der Waals surface area contributed by atoms with Crippen molar-refractivity contribution in [1.29, 1.82) is 0 Å². The summed E-state index contributed by atoms with van der Waals surface area (Å²) in [6.45, 7) is 2.83. The number of amides is 2. The Balaban J connectivity index is 1.45. The number of carbonyl (C=O) groups is 2. The second kappa shape index (κ2) is 10.2. The largest absolute Gasteiger partial charge is 0.351 e. The molecule has 2 amide bonds. The molecule has 176 valence electrons. The van der Waals surface area contributed by atoms with Gasteiger partial charge in [-0.3, -0.25) is 9.59 Å². The normalized spacial score (nSPS) is 18.6. The molecule has 33 heavy (non-hydrogen) atoms. The predicted octanol–water partition coefficient (Wildman–Crippen LogP) is 4.37. The highest BCUT2D eigenvalue weighted by Crippen LogP contribution is 2.24. The van der Waals surface area contributed by atoms with E-state index in [0.717, 1.165) is 60.1 Å². The van der Waals surface area contributed by atoms with Crippen LogP contribution in [0.4, 0.5) is 0 Å². The van der Waals surface area contributed by atoms with Gasteiger partial charge in [-0.2, -0.15) is 0 Å². The molecular weight excluding hydrogens is 458 g/mol. The van der Waals surface area contributed by atoms with Gasteiger partial charge in [-0.05, 0) is 57.6 Å². The molecule has 0 unspecified atom stereocenters. The molecule has 0 spiro atoms. The van der Waals surface area contributed by atoms with Crippen molar-refractivity contribution in [2.45, 2.75) is 57.7 Å². The minimum absolute atomic E-state index is 0.125. The number of hydrogen-bond acceptors (Lipinski definition) is 5. The Bertz CT molecular complexity index is 1160. The average Bonchev–Trinajstić information content (AvgIpc) is 3.38. The summed E-state index contributed by atoms with van der Waals surface area (Å²) in [7, 11) is 4.02. The molecule has 1 aromatic carbocycles. The van der Waals surface area contributed by atoms with Crippen LogP contribution in [0.15, 0.2) is 24.3 Å². The molecular formula is C24H30ClN5O2S. The lowest BCUT2D eigenvalue weighted by Gasteiger charge is -2.32. The first-order chi connectivity index (χ1) is 15.8. The summed E-state index contributed by atoms with van der Waals surface area (Å²) in [6.07, 6.45) is 4.49. The van der Waals surface area contributed by atoms with E-state index in [0.29, 0.717) is 15.7 Å². The smallest absolute Gasteiger partial charge is 0.280 e. The SMILES string of the molecule is CCc1nc(C(=O)N[C@@H]2CCCC[C@@H]2NC(=O)c2cc3cc(Cl)ccc3[nH]2)sc1CN(C)C. The standard InChI is InChI=1S/C24H30ClN5O2S/c1-4-16-21(13-30(2)3)33-24(29-16)23(32)28-19-8-6-5-7-18(19)27-22(31)20-12-14-11-15(25)9-10-17(14)26-20/h9-12,18-19,26H,4-8,13H2,1-3H3,(H,27,31)(H,28,32)/t18-,19+/m0/s1. The van der Waals surface area contributed by atoms with Gasteiger partial charge in [0.2, 0.25) is 0 Å². The van der Waals surface area contributed by atoms with Gasteiger partial charge < -0.3 is 20.5 Å². The van der Waals surface area contributed by atoms with Gasteiger partial charge in [0.1, 0.15) is 5.69 Å². The molecule has 0 saturated heterocycles. The number of aryl methyl sites for hydroxylation is 1. The van der Waals surface area contributed by atoms with Crippen molar-refractivity contribution in [2.75, 3.05) is 14.1 Å². The van der Waals surface area contributed by atoms with Crippen molar-refractivity contribution in [3.63, 3.8) is 0 Å². The highest BCUT2D eigenvalue weighted by atomic mass is 35.5. The van der Waals surface area contributed by atoms with Gasteiger partial charge in [-0.1, -0.05) is 31.4 Å². The molecule has 2 aromatic heterocycles.